The number of rotatable bonds is 14. The van der Waals surface area contributed by atoms with Crippen molar-refractivity contribution in [2.75, 3.05) is 25.6 Å². The van der Waals surface area contributed by atoms with E-state index in [2.05, 4.69) is 15.0 Å². The van der Waals surface area contributed by atoms with E-state index in [1.165, 1.54) is 19.3 Å². The standard InChI is InChI=1S/C23H35N5O12P2/c1-27-18(26-38-12-15-4-6-16(7-5-15)21(31)25-10-3-2-9-24)8-11-28(23(27)32)22-20(30)19(29)17(40-22)13-39-42(36,37)14-41(33,34)35/h4-8,11,17,19-20,22,29-30H,2-3,9-10,12-14,24H2,1H3,(H,25,31)(H,36,37)(H2,33,34,35)/b26-18-/t17-,19-,20-,22-/m1/s1. The SMILES string of the molecule is Cn1c(=O)n([C@@H]2O[C@H](COP(=O)(O)CP(=O)(O)O)[C@@H](O)[C@H]2O)cc/c1=N/OCc1ccc(C(=O)NCCCCN)cc1. The lowest BCUT2D eigenvalue weighted by Crippen LogP contribution is -2.42. The van der Waals surface area contributed by atoms with Gasteiger partial charge in [-0.05, 0) is 37.1 Å². The average molecular weight is 636 g/mol. The van der Waals surface area contributed by atoms with Gasteiger partial charge in [0.1, 0.15) is 24.9 Å². The molecule has 234 valence electrons. The summed E-state index contributed by atoms with van der Waals surface area (Å²) in [6.07, 6.45) is -3.25. The molecule has 1 aliphatic heterocycles. The Balaban J connectivity index is 1.61. The van der Waals surface area contributed by atoms with Gasteiger partial charge >= 0.3 is 20.9 Å². The molecule has 8 N–H and O–H groups in total. The van der Waals surface area contributed by atoms with Gasteiger partial charge in [0.05, 0.1) is 6.61 Å². The topological polar surface area (TPSA) is 257 Å². The predicted octanol–water partition coefficient (Wildman–Crippen LogP) is -1.36. The van der Waals surface area contributed by atoms with Gasteiger partial charge in [0, 0.05) is 31.4 Å². The number of carbonyl (C=O) groups is 1. The Hall–Kier alpha value is -2.69. The van der Waals surface area contributed by atoms with E-state index in [4.69, 9.17) is 25.1 Å². The normalized spacial score (nSPS) is 22.6. The number of nitrogens with zero attached hydrogens (tertiary/aromatic N) is 3. The average Bonchev–Trinajstić information content (AvgIpc) is 3.20. The Bertz CT molecular complexity index is 1440. The summed E-state index contributed by atoms with van der Waals surface area (Å²) in [7, 11) is -8.22. The lowest BCUT2D eigenvalue weighted by atomic mass is 10.1. The van der Waals surface area contributed by atoms with Gasteiger partial charge in [0.2, 0.25) is 0 Å². The first-order valence-corrected chi connectivity index (χ1v) is 16.3. The summed E-state index contributed by atoms with van der Waals surface area (Å²) in [5.74, 6) is -1.64. The molecule has 17 nitrogen and oxygen atoms in total. The molecule has 1 fully saturated rings. The predicted molar refractivity (Wildman–Crippen MR) is 146 cm³/mol. The van der Waals surface area contributed by atoms with E-state index in [0.717, 1.165) is 22.0 Å². The lowest BCUT2D eigenvalue weighted by molar-refractivity contribution is -0.0530. The first-order chi connectivity index (χ1) is 19.7. The molecule has 0 spiro atoms. The number of aliphatic hydroxyl groups is 2. The van der Waals surface area contributed by atoms with Crippen molar-refractivity contribution in [1.82, 2.24) is 14.5 Å². The Morgan fingerprint density at radius 3 is 2.45 bits per heavy atom. The van der Waals surface area contributed by atoms with Crippen molar-refractivity contribution in [2.24, 2.45) is 17.9 Å². The summed E-state index contributed by atoms with van der Waals surface area (Å²) in [5.41, 5.74) is 6.03. The van der Waals surface area contributed by atoms with Crippen LogP contribution in [0, 0.1) is 0 Å². The number of benzene rings is 1. The molecule has 1 unspecified atom stereocenters. The Morgan fingerprint density at radius 2 is 1.81 bits per heavy atom. The molecule has 5 atom stereocenters. The third-order valence-corrected chi connectivity index (χ3v) is 9.63. The summed E-state index contributed by atoms with van der Waals surface area (Å²) in [6.45, 7) is 0.351. The van der Waals surface area contributed by atoms with Gasteiger partial charge in [-0.25, -0.2) is 4.79 Å². The second-order valence-corrected chi connectivity index (χ2v) is 13.5. The second-order valence-electron chi connectivity index (χ2n) is 9.52. The number of hydrogen-bond donors (Lipinski definition) is 7. The molecule has 0 bridgehead atoms. The molecule has 1 saturated heterocycles. The van der Waals surface area contributed by atoms with Crippen LogP contribution in [0.15, 0.2) is 46.5 Å². The third-order valence-electron chi connectivity index (χ3n) is 6.17. The highest BCUT2D eigenvalue weighted by Gasteiger charge is 2.45. The van der Waals surface area contributed by atoms with Crippen LogP contribution in [0.1, 0.15) is 35.0 Å². The summed E-state index contributed by atoms with van der Waals surface area (Å²) in [5, 5.41) is 27.5. The highest BCUT2D eigenvalue weighted by atomic mass is 31.2. The highest BCUT2D eigenvalue weighted by Crippen LogP contribution is 2.55. The number of aliphatic hydroxyl groups excluding tert-OH is 2. The summed E-state index contributed by atoms with van der Waals surface area (Å²) in [6, 6.07) is 8.08. The largest absolute Gasteiger partial charge is 0.389 e. The monoisotopic (exact) mass is 635 g/mol. The van der Waals surface area contributed by atoms with E-state index in [1.54, 1.807) is 24.3 Å². The number of aromatic nitrogens is 2. The zero-order valence-corrected chi connectivity index (χ0v) is 24.4. The number of ether oxygens (including phenoxy) is 1. The minimum Gasteiger partial charge on any atom is -0.389 e. The van der Waals surface area contributed by atoms with Crippen LogP contribution in [0.4, 0.5) is 0 Å². The van der Waals surface area contributed by atoms with Crippen LogP contribution in [0.2, 0.25) is 0 Å². The number of nitrogens with one attached hydrogen (secondary N) is 1. The Kier molecular flexibility index (Phi) is 11.8. The van der Waals surface area contributed by atoms with Crippen LogP contribution in [-0.4, -0.2) is 83.8 Å². The van der Waals surface area contributed by atoms with Gasteiger partial charge < -0.3 is 50.0 Å². The molecule has 0 saturated carbocycles. The van der Waals surface area contributed by atoms with Crippen molar-refractivity contribution < 1.29 is 52.9 Å². The fraction of sp³-hybridized carbons (Fsp3) is 0.522. The van der Waals surface area contributed by atoms with Crippen molar-refractivity contribution >= 4 is 21.1 Å². The molecule has 0 aliphatic carbocycles. The number of nitrogens with two attached hydrogens (primary N) is 1. The van der Waals surface area contributed by atoms with Crippen molar-refractivity contribution in [1.29, 1.82) is 0 Å². The van der Waals surface area contributed by atoms with Crippen LogP contribution in [0.25, 0.3) is 0 Å². The molecular weight excluding hydrogens is 600 g/mol. The Labute approximate surface area is 239 Å². The van der Waals surface area contributed by atoms with Gasteiger partial charge in [-0.3, -0.25) is 23.1 Å². The zero-order chi connectivity index (χ0) is 31.1. The summed E-state index contributed by atoms with van der Waals surface area (Å²) < 4.78 is 35.1. The number of unbranched alkanes of at least 4 members (excludes halogenated alkanes) is 1. The van der Waals surface area contributed by atoms with E-state index >= 15 is 0 Å². The molecule has 2 heterocycles. The molecular formula is C23H35N5O12P2. The molecule has 3 rings (SSSR count). The van der Waals surface area contributed by atoms with Crippen LogP contribution >= 0.6 is 15.2 Å². The fourth-order valence-electron chi connectivity index (χ4n) is 3.94. The Morgan fingerprint density at radius 1 is 1.12 bits per heavy atom. The first kappa shape index (κ1) is 33.8. The van der Waals surface area contributed by atoms with Crippen molar-refractivity contribution in [3.63, 3.8) is 0 Å². The van der Waals surface area contributed by atoms with E-state index in [-0.39, 0.29) is 18.0 Å². The number of carbonyl (C=O) groups excluding carboxylic acids is 1. The maximum atomic E-state index is 12.9. The smallest absolute Gasteiger partial charge is 0.340 e. The van der Waals surface area contributed by atoms with Crippen LogP contribution < -0.4 is 22.2 Å². The molecule has 1 aromatic carbocycles. The third kappa shape index (κ3) is 9.41. The molecule has 1 aromatic heterocycles. The first-order valence-electron chi connectivity index (χ1n) is 12.8. The zero-order valence-electron chi connectivity index (χ0n) is 22.6. The second kappa shape index (κ2) is 14.7. The van der Waals surface area contributed by atoms with Gasteiger partial charge in [0.25, 0.3) is 5.91 Å². The van der Waals surface area contributed by atoms with Gasteiger partial charge in [0.15, 0.2) is 17.6 Å². The van der Waals surface area contributed by atoms with E-state index < -0.39 is 57.9 Å². The molecule has 1 amide bonds. The van der Waals surface area contributed by atoms with E-state index in [0.29, 0.717) is 24.2 Å². The van der Waals surface area contributed by atoms with Gasteiger partial charge in [-0.15, -0.1) is 0 Å². The fourth-order valence-corrected chi connectivity index (χ4v) is 6.51. The lowest BCUT2D eigenvalue weighted by Gasteiger charge is -2.19. The minimum atomic E-state index is -4.87. The van der Waals surface area contributed by atoms with Crippen molar-refractivity contribution in [2.45, 2.75) is 44.0 Å². The molecule has 42 heavy (non-hydrogen) atoms. The highest BCUT2D eigenvalue weighted by molar-refractivity contribution is 7.70. The maximum Gasteiger partial charge on any atom is 0.340 e. The number of amides is 1. The van der Waals surface area contributed by atoms with Crippen molar-refractivity contribution in [3.05, 3.63) is 63.6 Å². The van der Waals surface area contributed by atoms with Crippen LogP contribution in [-0.2, 0) is 36.9 Å². The molecule has 0 radical (unpaired) electrons. The van der Waals surface area contributed by atoms with Crippen LogP contribution in [0.5, 0.6) is 0 Å². The van der Waals surface area contributed by atoms with E-state index in [9.17, 15) is 33.8 Å². The maximum absolute atomic E-state index is 12.9. The quantitative estimate of drug-likeness (QED) is 0.0720. The van der Waals surface area contributed by atoms with Crippen LogP contribution in [0.3, 0.4) is 0 Å². The number of hydrogen-bond acceptors (Lipinski definition) is 11. The van der Waals surface area contributed by atoms with Gasteiger partial charge in [-0.1, -0.05) is 17.3 Å². The minimum absolute atomic E-state index is 0.0382. The summed E-state index contributed by atoms with van der Waals surface area (Å²) >= 11 is 0. The van der Waals surface area contributed by atoms with Gasteiger partial charge in [-0.2, -0.15) is 0 Å². The van der Waals surface area contributed by atoms with E-state index in [1.807, 2.05) is 0 Å². The molecule has 19 heteroatoms. The molecule has 2 aromatic rings. The van der Waals surface area contributed by atoms with Crippen molar-refractivity contribution in [3.8, 4) is 0 Å². The summed E-state index contributed by atoms with van der Waals surface area (Å²) in [4.78, 5) is 57.9. The molecule has 1 aliphatic rings.